The largest absolute Gasteiger partial charge is 0.479 e. The summed E-state index contributed by atoms with van der Waals surface area (Å²) in [6.07, 6.45) is 0.472. The molecule has 2 N–H and O–H groups in total. The molecule has 0 spiro atoms. The SMILES string of the molecule is CCCC(Oc1ccc2ccccc2c1CNC)C(=O)O. The Morgan fingerprint density at radius 1 is 1.29 bits per heavy atom. The van der Waals surface area contributed by atoms with Gasteiger partial charge in [-0.2, -0.15) is 0 Å². The first-order valence-corrected chi connectivity index (χ1v) is 7.22. The molecule has 0 amide bonds. The number of carboxylic acid groups (broad SMARTS) is 1. The van der Waals surface area contributed by atoms with Crippen molar-refractivity contribution in [3.05, 3.63) is 42.0 Å². The van der Waals surface area contributed by atoms with Crippen molar-refractivity contribution in [1.82, 2.24) is 5.32 Å². The van der Waals surface area contributed by atoms with Crippen molar-refractivity contribution in [2.24, 2.45) is 0 Å². The third kappa shape index (κ3) is 3.52. The summed E-state index contributed by atoms with van der Waals surface area (Å²) in [6.45, 7) is 2.59. The van der Waals surface area contributed by atoms with E-state index < -0.39 is 12.1 Å². The van der Waals surface area contributed by atoms with E-state index in [4.69, 9.17) is 4.74 Å². The van der Waals surface area contributed by atoms with Gasteiger partial charge in [0.05, 0.1) is 0 Å². The third-order valence-electron chi connectivity index (χ3n) is 3.45. The molecule has 0 radical (unpaired) electrons. The second-order valence-electron chi connectivity index (χ2n) is 5.03. The summed E-state index contributed by atoms with van der Waals surface area (Å²) in [5, 5.41) is 14.6. The number of fused-ring (bicyclic) bond motifs is 1. The van der Waals surface area contributed by atoms with Gasteiger partial charge in [0.25, 0.3) is 0 Å². The highest BCUT2D eigenvalue weighted by Gasteiger charge is 2.20. The minimum absolute atomic E-state index is 0.501. The number of ether oxygens (including phenoxy) is 1. The summed E-state index contributed by atoms with van der Waals surface area (Å²) in [6, 6.07) is 11.9. The molecule has 0 saturated carbocycles. The molecule has 0 saturated heterocycles. The highest BCUT2D eigenvalue weighted by molar-refractivity contribution is 5.88. The van der Waals surface area contributed by atoms with Gasteiger partial charge >= 0.3 is 5.97 Å². The Morgan fingerprint density at radius 2 is 2.05 bits per heavy atom. The van der Waals surface area contributed by atoms with Crippen molar-refractivity contribution >= 4 is 16.7 Å². The molecular formula is C17H21NO3. The lowest BCUT2D eigenvalue weighted by molar-refractivity contribution is -0.145. The normalized spacial score (nSPS) is 12.3. The van der Waals surface area contributed by atoms with Crippen molar-refractivity contribution < 1.29 is 14.6 Å². The number of rotatable bonds is 7. The monoisotopic (exact) mass is 287 g/mol. The van der Waals surface area contributed by atoms with Crippen LogP contribution in [0.3, 0.4) is 0 Å². The van der Waals surface area contributed by atoms with E-state index in [1.807, 2.05) is 50.4 Å². The van der Waals surface area contributed by atoms with E-state index in [1.54, 1.807) is 0 Å². The summed E-state index contributed by atoms with van der Waals surface area (Å²) in [5.74, 6) is -0.274. The minimum Gasteiger partial charge on any atom is -0.479 e. The van der Waals surface area contributed by atoms with Crippen LogP contribution in [0.15, 0.2) is 36.4 Å². The first-order chi connectivity index (χ1) is 10.2. The molecule has 0 fully saturated rings. The Hall–Kier alpha value is -2.07. The van der Waals surface area contributed by atoms with Crippen LogP contribution in [-0.2, 0) is 11.3 Å². The third-order valence-corrected chi connectivity index (χ3v) is 3.45. The lowest BCUT2D eigenvalue weighted by atomic mass is 10.0. The Labute approximate surface area is 124 Å². The van der Waals surface area contributed by atoms with Crippen molar-refractivity contribution in [3.63, 3.8) is 0 Å². The predicted molar refractivity (Wildman–Crippen MR) is 83.7 cm³/mol. The van der Waals surface area contributed by atoms with E-state index in [0.29, 0.717) is 18.7 Å². The average molecular weight is 287 g/mol. The van der Waals surface area contributed by atoms with E-state index in [0.717, 1.165) is 22.8 Å². The fourth-order valence-electron chi connectivity index (χ4n) is 2.43. The van der Waals surface area contributed by atoms with Gasteiger partial charge in [-0.3, -0.25) is 0 Å². The standard InChI is InChI=1S/C17H21NO3/c1-3-6-16(17(19)20)21-15-10-9-12-7-4-5-8-13(12)14(15)11-18-2/h4-5,7-10,16,18H,3,6,11H2,1-2H3,(H,19,20). The maximum absolute atomic E-state index is 11.3. The average Bonchev–Trinajstić information content (AvgIpc) is 2.49. The molecule has 4 heteroatoms. The number of nitrogens with one attached hydrogen (secondary N) is 1. The topological polar surface area (TPSA) is 58.6 Å². The molecule has 0 aliphatic heterocycles. The van der Waals surface area contributed by atoms with Crippen molar-refractivity contribution in [1.29, 1.82) is 0 Å². The van der Waals surface area contributed by atoms with Gasteiger partial charge in [0.2, 0.25) is 0 Å². The maximum Gasteiger partial charge on any atom is 0.344 e. The lowest BCUT2D eigenvalue weighted by Crippen LogP contribution is -2.27. The smallest absolute Gasteiger partial charge is 0.344 e. The molecule has 0 aromatic heterocycles. The number of benzene rings is 2. The van der Waals surface area contributed by atoms with Crippen LogP contribution in [0.1, 0.15) is 25.3 Å². The lowest BCUT2D eigenvalue weighted by Gasteiger charge is -2.18. The summed E-state index contributed by atoms with van der Waals surface area (Å²) in [5.41, 5.74) is 0.998. The number of hydrogen-bond acceptors (Lipinski definition) is 3. The van der Waals surface area contributed by atoms with Crippen LogP contribution < -0.4 is 10.1 Å². The van der Waals surface area contributed by atoms with E-state index in [2.05, 4.69) is 5.32 Å². The zero-order chi connectivity index (χ0) is 15.2. The Balaban J connectivity index is 2.42. The van der Waals surface area contributed by atoms with Gasteiger partial charge in [0.1, 0.15) is 5.75 Å². The number of hydrogen-bond donors (Lipinski definition) is 2. The van der Waals surface area contributed by atoms with Crippen molar-refractivity contribution in [2.45, 2.75) is 32.4 Å². The maximum atomic E-state index is 11.3. The molecule has 4 nitrogen and oxygen atoms in total. The van der Waals surface area contributed by atoms with Crippen LogP contribution >= 0.6 is 0 Å². The number of carbonyl (C=O) groups is 1. The summed E-state index contributed by atoms with van der Waals surface area (Å²) in [7, 11) is 1.87. The number of carboxylic acids is 1. The zero-order valence-electron chi connectivity index (χ0n) is 12.4. The van der Waals surface area contributed by atoms with Crippen LogP contribution in [0, 0.1) is 0 Å². The second kappa shape index (κ2) is 7.09. The van der Waals surface area contributed by atoms with Gasteiger partial charge in [-0.25, -0.2) is 4.79 Å². The molecule has 0 aliphatic carbocycles. The second-order valence-corrected chi connectivity index (χ2v) is 5.03. The quantitative estimate of drug-likeness (QED) is 0.821. The van der Waals surface area contributed by atoms with E-state index >= 15 is 0 Å². The first-order valence-electron chi connectivity index (χ1n) is 7.22. The van der Waals surface area contributed by atoms with Crippen LogP contribution in [0.5, 0.6) is 5.75 Å². The highest BCUT2D eigenvalue weighted by atomic mass is 16.5. The van der Waals surface area contributed by atoms with Gasteiger partial charge in [-0.05, 0) is 30.3 Å². The van der Waals surface area contributed by atoms with Crippen LogP contribution in [0.2, 0.25) is 0 Å². The van der Waals surface area contributed by atoms with E-state index in [9.17, 15) is 9.90 Å². The minimum atomic E-state index is -0.916. The summed E-state index contributed by atoms with van der Waals surface area (Å²) in [4.78, 5) is 11.3. The van der Waals surface area contributed by atoms with Gasteiger partial charge in [0.15, 0.2) is 6.10 Å². The summed E-state index contributed by atoms with van der Waals surface area (Å²) >= 11 is 0. The molecule has 1 unspecified atom stereocenters. The highest BCUT2D eigenvalue weighted by Crippen LogP contribution is 2.29. The predicted octanol–water partition coefficient (Wildman–Crippen LogP) is 3.19. The van der Waals surface area contributed by atoms with Gasteiger partial charge in [0, 0.05) is 12.1 Å². The summed E-state index contributed by atoms with van der Waals surface area (Å²) < 4.78 is 5.77. The molecule has 2 aromatic rings. The molecule has 1 atom stereocenters. The zero-order valence-corrected chi connectivity index (χ0v) is 12.4. The number of aliphatic carboxylic acids is 1. The van der Waals surface area contributed by atoms with Gasteiger partial charge < -0.3 is 15.2 Å². The Morgan fingerprint density at radius 3 is 2.71 bits per heavy atom. The Bertz CT molecular complexity index is 624. The fraction of sp³-hybridized carbons (Fsp3) is 0.353. The van der Waals surface area contributed by atoms with Crippen molar-refractivity contribution in [2.75, 3.05) is 7.05 Å². The molecule has 112 valence electrons. The molecule has 2 rings (SSSR count). The van der Waals surface area contributed by atoms with Crippen LogP contribution in [0.25, 0.3) is 10.8 Å². The first kappa shape index (κ1) is 15.3. The van der Waals surface area contributed by atoms with E-state index in [-0.39, 0.29) is 0 Å². The molecule has 0 bridgehead atoms. The molecule has 21 heavy (non-hydrogen) atoms. The Kier molecular flexibility index (Phi) is 5.17. The van der Waals surface area contributed by atoms with E-state index in [1.165, 1.54) is 0 Å². The van der Waals surface area contributed by atoms with Gasteiger partial charge in [-0.15, -0.1) is 0 Å². The molecular weight excluding hydrogens is 266 g/mol. The van der Waals surface area contributed by atoms with Crippen molar-refractivity contribution in [3.8, 4) is 5.75 Å². The van der Waals surface area contributed by atoms with Crippen LogP contribution in [-0.4, -0.2) is 24.2 Å². The fourth-order valence-corrected chi connectivity index (χ4v) is 2.43. The molecule has 0 heterocycles. The van der Waals surface area contributed by atoms with Gasteiger partial charge in [-0.1, -0.05) is 43.7 Å². The molecule has 0 aliphatic rings. The van der Waals surface area contributed by atoms with Crippen LogP contribution in [0.4, 0.5) is 0 Å². The molecule has 2 aromatic carbocycles.